The van der Waals surface area contributed by atoms with Crippen LogP contribution < -0.4 is 14.2 Å². The number of carbonyl (C=O) groups excluding carboxylic acids is 2. The van der Waals surface area contributed by atoms with E-state index < -0.39 is 5.97 Å². The second-order valence-electron chi connectivity index (χ2n) is 5.95. The van der Waals surface area contributed by atoms with E-state index in [1.165, 1.54) is 14.2 Å². The average molecular weight is 380 g/mol. The number of carbonyl (C=O) groups is 2. The Balaban J connectivity index is 1.52. The number of methoxy groups -OCH3 is 2. The highest BCUT2D eigenvalue weighted by molar-refractivity contribution is 5.98. The average Bonchev–Trinajstić information content (AvgIpc) is 2.75. The molecule has 6 nitrogen and oxygen atoms in total. The van der Waals surface area contributed by atoms with Crippen molar-refractivity contribution in [2.24, 2.45) is 0 Å². The predicted molar refractivity (Wildman–Crippen MR) is 104 cm³/mol. The van der Waals surface area contributed by atoms with Crippen LogP contribution in [0.2, 0.25) is 0 Å². The molecule has 0 radical (unpaired) electrons. The van der Waals surface area contributed by atoms with E-state index in [9.17, 15) is 9.59 Å². The minimum Gasteiger partial charge on any atom is -0.493 e. The van der Waals surface area contributed by atoms with Crippen LogP contribution in [0.15, 0.2) is 60.7 Å². The summed E-state index contributed by atoms with van der Waals surface area (Å²) in [5.74, 6) is 0.531. The Hall–Kier alpha value is -3.54. The molecule has 0 aliphatic carbocycles. The molecule has 0 bridgehead atoms. The topological polar surface area (TPSA) is 71.1 Å². The van der Waals surface area contributed by atoms with Gasteiger partial charge in [0.15, 0.2) is 30.5 Å². The van der Waals surface area contributed by atoms with Gasteiger partial charge in [-0.25, -0.2) is 4.79 Å². The summed E-state index contributed by atoms with van der Waals surface area (Å²) in [6, 6.07) is 18.1. The fourth-order valence-electron chi connectivity index (χ4n) is 2.68. The summed E-state index contributed by atoms with van der Waals surface area (Å²) in [5, 5.41) is 2.09. The van der Waals surface area contributed by atoms with E-state index in [-0.39, 0.29) is 19.0 Å². The van der Waals surface area contributed by atoms with Crippen molar-refractivity contribution in [3.05, 3.63) is 66.2 Å². The second kappa shape index (κ2) is 8.90. The molecule has 28 heavy (non-hydrogen) atoms. The Morgan fingerprint density at radius 1 is 0.786 bits per heavy atom. The van der Waals surface area contributed by atoms with Crippen LogP contribution in [0.1, 0.15) is 10.4 Å². The quantitative estimate of drug-likeness (QED) is 0.439. The van der Waals surface area contributed by atoms with Crippen molar-refractivity contribution < 1.29 is 28.5 Å². The van der Waals surface area contributed by atoms with Gasteiger partial charge in [-0.05, 0) is 41.1 Å². The van der Waals surface area contributed by atoms with Crippen molar-refractivity contribution in [2.75, 3.05) is 27.4 Å². The number of hydrogen-bond donors (Lipinski definition) is 0. The van der Waals surface area contributed by atoms with Crippen molar-refractivity contribution in [2.45, 2.75) is 0 Å². The lowest BCUT2D eigenvalue weighted by molar-refractivity contribution is -0.144. The third-order valence-electron chi connectivity index (χ3n) is 4.15. The number of esters is 1. The van der Waals surface area contributed by atoms with Crippen LogP contribution in [-0.4, -0.2) is 39.2 Å². The zero-order chi connectivity index (χ0) is 19.9. The smallest absolute Gasteiger partial charge is 0.344 e. The molecule has 0 saturated heterocycles. The van der Waals surface area contributed by atoms with E-state index in [4.69, 9.17) is 18.9 Å². The first-order valence-corrected chi connectivity index (χ1v) is 8.63. The second-order valence-corrected chi connectivity index (χ2v) is 5.95. The molecule has 0 aromatic heterocycles. The van der Waals surface area contributed by atoms with Crippen LogP contribution in [0.3, 0.4) is 0 Å². The maximum absolute atomic E-state index is 12.2. The lowest BCUT2D eigenvalue weighted by Gasteiger charge is -2.10. The maximum Gasteiger partial charge on any atom is 0.344 e. The van der Waals surface area contributed by atoms with Gasteiger partial charge in [0.1, 0.15) is 5.75 Å². The zero-order valence-corrected chi connectivity index (χ0v) is 15.6. The molecule has 0 aliphatic rings. The summed E-state index contributed by atoms with van der Waals surface area (Å²) < 4.78 is 20.8. The Morgan fingerprint density at radius 2 is 1.54 bits per heavy atom. The van der Waals surface area contributed by atoms with Gasteiger partial charge in [0.25, 0.3) is 0 Å². The normalized spacial score (nSPS) is 10.4. The molecular weight excluding hydrogens is 360 g/mol. The number of fused-ring (bicyclic) bond motifs is 1. The van der Waals surface area contributed by atoms with E-state index in [2.05, 4.69) is 0 Å². The first kappa shape index (κ1) is 19.2. The van der Waals surface area contributed by atoms with Gasteiger partial charge >= 0.3 is 5.97 Å². The number of hydrogen-bond acceptors (Lipinski definition) is 6. The van der Waals surface area contributed by atoms with Crippen LogP contribution in [0.4, 0.5) is 0 Å². The van der Waals surface area contributed by atoms with Crippen LogP contribution in [0, 0.1) is 0 Å². The van der Waals surface area contributed by atoms with Crippen LogP contribution in [0.25, 0.3) is 10.8 Å². The molecule has 6 heteroatoms. The van der Waals surface area contributed by atoms with Gasteiger partial charge in [-0.3, -0.25) is 4.79 Å². The van der Waals surface area contributed by atoms with Crippen LogP contribution in [0.5, 0.6) is 17.2 Å². The largest absolute Gasteiger partial charge is 0.493 e. The minimum atomic E-state index is -0.623. The summed E-state index contributed by atoms with van der Waals surface area (Å²) in [6.45, 7) is -0.660. The number of ketones is 1. The molecule has 0 amide bonds. The van der Waals surface area contributed by atoms with Gasteiger partial charge in [-0.2, -0.15) is 0 Å². The fourth-order valence-corrected chi connectivity index (χ4v) is 2.68. The van der Waals surface area contributed by atoms with Gasteiger partial charge in [-0.1, -0.05) is 30.3 Å². The summed E-state index contributed by atoms with van der Waals surface area (Å²) in [7, 11) is 2.99. The van der Waals surface area contributed by atoms with Crippen molar-refractivity contribution in [3.8, 4) is 17.2 Å². The van der Waals surface area contributed by atoms with E-state index in [1.54, 1.807) is 24.3 Å². The van der Waals surface area contributed by atoms with Crippen molar-refractivity contribution in [1.29, 1.82) is 0 Å². The number of rotatable bonds is 8. The molecule has 0 N–H and O–H groups in total. The predicted octanol–water partition coefficient (Wildman–Crippen LogP) is 3.66. The molecule has 3 aromatic rings. The summed E-state index contributed by atoms with van der Waals surface area (Å²) in [5.41, 5.74) is 0.362. The van der Waals surface area contributed by atoms with Crippen molar-refractivity contribution in [3.63, 3.8) is 0 Å². The lowest BCUT2D eigenvalue weighted by Crippen LogP contribution is -2.19. The minimum absolute atomic E-state index is 0.280. The maximum atomic E-state index is 12.2. The van der Waals surface area contributed by atoms with E-state index >= 15 is 0 Å². The molecule has 0 fully saturated rings. The molecule has 0 atom stereocenters. The summed E-state index contributed by atoms with van der Waals surface area (Å²) in [4.78, 5) is 24.1. The van der Waals surface area contributed by atoms with Gasteiger partial charge in [-0.15, -0.1) is 0 Å². The molecule has 3 aromatic carbocycles. The van der Waals surface area contributed by atoms with E-state index in [1.807, 2.05) is 36.4 Å². The molecule has 0 unspecified atom stereocenters. The molecule has 0 aliphatic heterocycles. The molecule has 144 valence electrons. The molecule has 0 saturated carbocycles. The third kappa shape index (κ3) is 4.59. The Bertz CT molecular complexity index is 995. The SMILES string of the molecule is COc1ccc(C(=O)COC(=O)COc2ccc3ccccc3c2)cc1OC. The summed E-state index contributed by atoms with van der Waals surface area (Å²) in [6.07, 6.45) is 0. The first-order chi connectivity index (χ1) is 13.6. The van der Waals surface area contributed by atoms with Crippen LogP contribution >= 0.6 is 0 Å². The molecular formula is C22H20O6. The molecule has 0 spiro atoms. The first-order valence-electron chi connectivity index (χ1n) is 8.63. The number of benzene rings is 3. The molecule has 3 rings (SSSR count). The van der Waals surface area contributed by atoms with E-state index in [0.717, 1.165) is 10.8 Å². The van der Waals surface area contributed by atoms with Crippen LogP contribution in [-0.2, 0) is 9.53 Å². The standard InChI is InChI=1S/C22H20O6/c1-25-20-10-8-17(12-21(20)26-2)19(23)13-28-22(24)14-27-18-9-7-15-5-3-4-6-16(15)11-18/h3-12H,13-14H2,1-2H3. The van der Waals surface area contributed by atoms with Gasteiger partial charge in [0.05, 0.1) is 14.2 Å². The Labute approximate surface area is 162 Å². The zero-order valence-electron chi connectivity index (χ0n) is 15.6. The Morgan fingerprint density at radius 3 is 2.29 bits per heavy atom. The van der Waals surface area contributed by atoms with Crippen molar-refractivity contribution >= 4 is 22.5 Å². The number of Topliss-reactive ketones (excluding diaryl/α,β-unsaturated/α-hetero) is 1. The van der Waals surface area contributed by atoms with Gasteiger partial charge in [0.2, 0.25) is 0 Å². The van der Waals surface area contributed by atoms with E-state index in [0.29, 0.717) is 22.8 Å². The fraction of sp³-hybridized carbons (Fsp3) is 0.182. The highest BCUT2D eigenvalue weighted by Gasteiger charge is 2.13. The van der Waals surface area contributed by atoms with Gasteiger partial charge in [0, 0.05) is 5.56 Å². The van der Waals surface area contributed by atoms with Crippen molar-refractivity contribution in [1.82, 2.24) is 0 Å². The highest BCUT2D eigenvalue weighted by Crippen LogP contribution is 2.27. The third-order valence-corrected chi connectivity index (χ3v) is 4.15. The number of ether oxygens (including phenoxy) is 4. The van der Waals surface area contributed by atoms with Gasteiger partial charge < -0.3 is 18.9 Å². The lowest BCUT2D eigenvalue weighted by atomic mass is 10.1. The highest BCUT2D eigenvalue weighted by atomic mass is 16.6. The summed E-state index contributed by atoms with van der Waals surface area (Å²) >= 11 is 0. The Kier molecular flexibility index (Phi) is 6.11. The molecule has 0 heterocycles. The monoisotopic (exact) mass is 380 g/mol.